The third-order valence-corrected chi connectivity index (χ3v) is 4.25. The number of rotatable bonds is 6. The standard InChI is InChI=1S/C18H30N4O.HI/c1-13(2)22(14(3)4)11-10-20-18(19)21-16-9-12-23-17-8-6-5-7-15(16)17;/h5-8,13-14,16H,9-12H2,1-4H3,(H3,19,20,21);1H. The van der Waals surface area contributed by atoms with Crippen molar-refractivity contribution in [3.8, 4) is 5.75 Å². The van der Waals surface area contributed by atoms with E-state index >= 15 is 0 Å². The van der Waals surface area contributed by atoms with Crippen LogP contribution >= 0.6 is 24.0 Å². The molecule has 0 spiro atoms. The minimum absolute atomic E-state index is 0. The maximum Gasteiger partial charge on any atom is 0.189 e. The van der Waals surface area contributed by atoms with Gasteiger partial charge in [-0.15, -0.1) is 24.0 Å². The molecule has 3 N–H and O–H groups in total. The Morgan fingerprint density at radius 3 is 2.62 bits per heavy atom. The normalized spacial score (nSPS) is 17.5. The topological polar surface area (TPSA) is 62.9 Å². The van der Waals surface area contributed by atoms with Crippen LogP contribution in [-0.2, 0) is 0 Å². The lowest BCUT2D eigenvalue weighted by atomic mass is 10.0. The van der Waals surface area contributed by atoms with E-state index in [9.17, 15) is 0 Å². The van der Waals surface area contributed by atoms with Crippen molar-refractivity contribution in [2.45, 2.75) is 52.2 Å². The van der Waals surface area contributed by atoms with Gasteiger partial charge in [-0.1, -0.05) is 18.2 Å². The Morgan fingerprint density at radius 2 is 1.96 bits per heavy atom. The van der Waals surface area contributed by atoms with Gasteiger partial charge in [0.05, 0.1) is 19.2 Å². The van der Waals surface area contributed by atoms with Crippen molar-refractivity contribution in [2.75, 3.05) is 19.7 Å². The van der Waals surface area contributed by atoms with E-state index in [0.29, 0.717) is 31.2 Å². The summed E-state index contributed by atoms with van der Waals surface area (Å²) in [7, 11) is 0. The van der Waals surface area contributed by atoms with E-state index in [1.54, 1.807) is 0 Å². The minimum Gasteiger partial charge on any atom is -0.493 e. The van der Waals surface area contributed by atoms with Crippen molar-refractivity contribution in [3.63, 3.8) is 0 Å². The van der Waals surface area contributed by atoms with Gasteiger partial charge in [0.25, 0.3) is 0 Å². The third-order valence-electron chi connectivity index (χ3n) is 4.25. The first-order chi connectivity index (χ1) is 11.0. The first-order valence-corrected chi connectivity index (χ1v) is 8.53. The van der Waals surface area contributed by atoms with Gasteiger partial charge in [0.15, 0.2) is 5.96 Å². The van der Waals surface area contributed by atoms with Crippen molar-refractivity contribution in [1.29, 1.82) is 0 Å². The van der Waals surface area contributed by atoms with E-state index in [1.165, 1.54) is 0 Å². The Labute approximate surface area is 163 Å². The van der Waals surface area contributed by atoms with Crippen LogP contribution in [-0.4, -0.2) is 42.6 Å². The molecule has 0 saturated carbocycles. The van der Waals surface area contributed by atoms with Gasteiger partial charge in [-0.05, 0) is 33.8 Å². The van der Waals surface area contributed by atoms with E-state index < -0.39 is 0 Å². The fourth-order valence-corrected chi connectivity index (χ4v) is 3.11. The van der Waals surface area contributed by atoms with E-state index in [1.807, 2.05) is 18.2 Å². The van der Waals surface area contributed by atoms with Gasteiger partial charge in [0.1, 0.15) is 5.75 Å². The molecule has 0 aromatic heterocycles. The van der Waals surface area contributed by atoms with Crippen molar-refractivity contribution < 1.29 is 4.74 Å². The Hall–Kier alpha value is -1.02. The number of ether oxygens (including phenoxy) is 1. The van der Waals surface area contributed by atoms with Crippen LogP contribution in [0.1, 0.15) is 45.7 Å². The molecule has 136 valence electrons. The predicted molar refractivity (Wildman–Crippen MR) is 111 cm³/mol. The molecule has 0 aliphatic carbocycles. The SMILES string of the molecule is CC(C)N(CCN=C(N)NC1CCOc2ccccc21)C(C)C.I. The second kappa shape index (κ2) is 10.1. The highest BCUT2D eigenvalue weighted by Gasteiger charge is 2.21. The summed E-state index contributed by atoms with van der Waals surface area (Å²) in [5.41, 5.74) is 7.24. The summed E-state index contributed by atoms with van der Waals surface area (Å²) in [4.78, 5) is 6.91. The largest absolute Gasteiger partial charge is 0.493 e. The van der Waals surface area contributed by atoms with Gasteiger partial charge in [-0.3, -0.25) is 9.89 Å². The number of hydrogen-bond donors (Lipinski definition) is 2. The molecule has 0 fully saturated rings. The number of fused-ring (bicyclic) bond motifs is 1. The van der Waals surface area contributed by atoms with Gasteiger partial charge in [-0.2, -0.15) is 0 Å². The number of guanidine groups is 1. The molecule has 1 aromatic rings. The molecule has 2 rings (SSSR count). The van der Waals surface area contributed by atoms with Crippen LogP contribution in [0.15, 0.2) is 29.3 Å². The molecule has 1 heterocycles. The lowest BCUT2D eigenvalue weighted by molar-refractivity contribution is 0.181. The summed E-state index contributed by atoms with van der Waals surface area (Å²) >= 11 is 0. The molecule has 24 heavy (non-hydrogen) atoms. The number of nitrogens with two attached hydrogens (primary N) is 1. The maximum absolute atomic E-state index is 6.08. The summed E-state index contributed by atoms with van der Waals surface area (Å²) < 4.78 is 5.67. The summed E-state index contributed by atoms with van der Waals surface area (Å²) in [5, 5.41) is 3.34. The number of aliphatic imine (C=N–C) groups is 1. The minimum atomic E-state index is 0. The predicted octanol–water partition coefficient (Wildman–Crippen LogP) is 3.15. The van der Waals surface area contributed by atoms with Crippen molar-refractivity contribution in [2.24, 2.45) is 10.7 Å². The van der Waals surface area contributed by atoms with Crippen molar-refractivity contribution in [3.05, 3.63) is 29.8 Å². The summed E-state index contributed by atoms with van der Waals surface area (Å²) in [6.45, 7) is 11.2. The smallest absolute Gasteiger partial charge is 0.189 e. The fraction of sp³-hybridized carbons (Fsp3) is 0.611. The Bertz CT molecular complexity index is 526. The summed E-state index contributed by atoms with van der Waals surface area (Å²) in [6.07, 6.45) is 0.900. The average Bonchev–Trinajstić information content (AvgIpc) is 2.51. The van der Waals surface area contributed by atoms with Gasteiger partial charge < -0.3 is 15.8 Å². The number of hydrogen-bond acceptors (Lipinski definition) is 3. The summed E-state index contributed by atoms with van der Waals surface area (Å²) in [6, 6.07) is 9.31. The summed E-state index contributed by atoms with van der Waals surface area (Å²) in [5.74, 6) is 1.45. The average molecular weight is 446 g/mol. The quantitative estimate of drug-likeness (QED) is 0.401. The molecule has 1 unspecified atom stereocenters. The van der Waals surface area contributed by atoms with Crippen LogP contribution in [0.4, 0.5) is 0 Å². The monoisotopic (exact) mass is 446 g/mol. The Balaban J connectivity index is 0.00000288. The molecule has 1 aromatic carbocycles. The first-order valence-electron chi connectivity index (χ1n) is 8.53. The maximum atomic E-state index is 6.08. The lowest BCUT2D eigenvalue weighted by Crippen LogP contribution is -2.40. The molecule has 0 bridgehead atoms. The first kappa shape index (κ1) is 21.0. The lowest BCUT2D eigenvalue weighted by Gasteiger charge is -2.30. The van der Waals surface area contributed by atoms with Gasteiger partial charge in [0, 0.05) is 30.6 Å². The zero-order valence-electron chi connectivity index (χ0n) is 15.2. The number of nitrogens with one attached hydrogen (secondary N) is 1. The third kappa shape index (κ3) is 5.81. The van der Waals surface area contributed by atoms with Gasteiger partial charge >= 0.3 is 0 Å². The zero-order chi connectivity index (χ0) is 16.8. The Morgan fingerprint density at radius 1 is 1.29 bits per heavy atom. The molecular weight excluding hydrogens is 415 g/mol. The van der Waals surface area contributed by atoms with Crippen molar-refractivity contribution >= 4 is 29.9 Å². The van der Waals surface area contributed by atoms with Crippen molar-refractivity contribution in [1.82, 2.24) is 10.2 Å². The molecular formula is C18H31IN4O. The van der Waals surface area contributed by atoms with E-state index in [4.69, 9.17) is 10.5 Å². The van der Waals surface area contributed by atoms with Crippen LogP contribution < -0.4 is 15.8 Å². The van der Waals surface area contributed by atoms with Gasteiger partial charge in [0.2, 0.25) is 0 Å². The highest BCUT2D eigenvalue weighted by Crippen LogP contribution is 2.31. The molecule has 1 atom stereocenters. The number of para-hydroxylation sites is 1. The number of nitrogens with zero attached hydrogens (tertiary/aromatic N) is 2. The molecule has 1 aliphatic heterocycles. The van der Waals surface area contributed by atoms with Crippen LogP contribution in [0, 0.1) is 0 Å². The second-order valence-corrected chi connectivity index (χ2v) is 6.56. The highest BCUT2D eigenvalue weighted by atomic mass is 127. The second-order valence-electron chi connectivity index (χ2n) is 6.56. The number of benzene rings is 1. The van der Waals surface area contributed by atoms with Crippen LogP contribution in [0.25, 0.3) is 0 Å². The molecule has 5 nitrogen and oxygen atoms in total. The molecule has 0 saturated heterocycles. The van der Waals surface area contributed by atoms with Crippen LogP contribution in [0.2, 0.25) is 0 Å². The van der Waals surface area contributed by atoms with Crippen LogP contribution in [0.5, 0.6) is 5.75 Å². The molecule has 0 radical (unpaired) electrons. The fourth-order valence-electron chi connectivity index (χ4n) is 3.11. The van der Waals surface area contributed by atoms with E-state index in [2.05, 4.69) is 49.0 Å². The number of halogens is 1. The van der Waals surface area contributed by atoms with E-state index in [-0.39, 0.29) is 30.0 Å². The molecule has 0 amide bonds. The molecule has 6 heteroatoms. The van der Waals surface area contributed by atoms with E-state index in [0.717, 1.165) is 24.3 Å². The Kier molecular flexibility index (Phi) is 8.83. The zero-order valence-corrected chi connectivity index (χ0v) is 17.5. The molecule has 1 aliphatic rings. The van der Waals surface area contributed by atoms with Crippen LogP contribution in [0.3, 0.4) is 0 Å². The highest BCUT2D eigenvalue weighted by molar-refractivity contribution is 14.0. The van der Waals surface area contributed by atoms with Gasteiger partial charge in [-0.25, -0.2) is 0 Å².